The Bertz CT molecular complexity index is 124. The minimum atomic E-state index is -1.29. The van der Waals surface area contributed by atoms with E-state index < -0.39 is 8.32 Å². The zero-order valence-corrected chi connectivity index (χ0v) is 12.3. The van der Waals surface area contributed by atoms with Gasteiger partial charge in [0.25, 0.3) is 0 Å². The molecule has 0 aromatic carbocycles. The van der Waals surface area contributed by atoms with Crippen LogP contribution in [0.4, 0.5) is 0 Å². The Labute approximate surface area is 97.7 Å². The molecule has 0 radical (unpaired) electrons. The van der Waals surface area contributed by atoms with Crippen LogP contribution in [0.15, 0.2) is 0 Å². The molecule has 0 spiro atoms. The molecule has 0 rings (SSSR count). The minimum absolute atomic E-state index is 1.02. The maximum atomic E-state index is 6.20. The molecule has 0 aliphatic rings. The molecule has 0 atom stereocenters. The molecule has 0 amide bonds. The van der Waals surface area contributed by atoms with Gasteiger partial charge in [0.2, 0.25) is 0 Å². The third kappa shape index (κ3) is 6.36. The van der Waals surface area contributed by atoms with Crippen LogP contribution in [-0.4, -0.2) is 14.9 Å². The zero-order valence-electron chi connectivity index (χ0n) is 11.3. The van der Waals surface area contributed by atoms with E-state index in [1.54, 1.807) is 0 Å². The molecule has 0 saturated carbocycles. The lowest BCUT2D eigenvalue weighted by molar-refractivity contribution is 0.287. The van der Waals surface area contributed by atoms with E-state index in [1.807, 2.05) is 0 Å². The summed E-state index contributed by atoms with van der Waals surface area (Å²) >= 11 is 0. The molecule has 92 valence electrons. The van der Waals surface area contributed by atoms with Crippen LogP contribution < -0.4 is 0 Å². The molecule has 0 heterocycles. The van der Waals surface area contributed by atoms with Crippen molar-refractivity contribution in [3.63, 3.8) is 0 Å². The van der Waals surface area contributed by atoms with E-state index in [9.17, 15) is 0 Å². The molecule has 1 nitrogen and oxygen atoms in total. The van der Waals surface area contributed by atoms with Gasteiger partial charge in [-0.05, 0) is 24.6 Å². The van der Waals surface area contributed by atoms with Gasteiger partial charge in [-0.2, -0.15) is 0 Å². The molecule has 0 aromatic rings. The molecule has 0 fully saturated rings. The lowest BCUT2D eigenvalue weighted by atomic mass is 10.2. The van der Waals surface area contributed by atoms with E-state index in [0.717, 1.165) is 6.61 Å². The first kappa shape index (κ1) is 15.2. The Hall–Kier alpha value is 0.177. The summed E-state index contributed by atoms with van der Waals surface area (Å²) in [4.78, 5) is 0. The fourth-order valence-electron chi connectivity index (χ4n) is 2.05. The van der Waals surface area contributed by atoms with Gasteiger partial charge >= 0.3 is 0 Å². The van der Waals surface area contributed by atoms with Gasteiger partial charge in [-0.15, -0.1) is 0 Å². The smallest absolute Gasteiger partial charge is 0.191 e. The summed E-state index contributed by atoms with van der Waals surface area (Å²) in [5.41, 5.74) is 0. The van der Waals surface area contributed by atoms with Crippen LogP contribution in [0, 0.1) is 0 Å². The summed E-state index contributed by atoms with van der Waals surface area (Å²) in [7, 11) is -1.29. The van der Waals surface area contributed by atoms with Gasteiger partial charge < -0.3 is 4.43 Å². The maximum Gasteiger partial charge on any atom is 0.191 e. The van der Waals surface area contributed by atoms with Gasteiger partial charge in [-0.25, -0.2) is 0 Å². The molecule has 0 bridgehead atoms. The molecule has 0 saturated heterocycles. The summed E-state index contributed by atoms with van der Waals surface area (Å²) in [6.45, 7) is 10.2. The van der Waals surface area contributed by atoms with Crippen molar-refractivity contribution >= 4 is 8.32 Å². The van der Waals surface area contributed by atoms with Crippen molar-refractivity contribution in [3.8, 4) is 0 Å². The van der Waals surface area contributed by atoms with Gasteiger partial charge in [-0.1, -0.05) is 53.4 Å². The summed E-state index contributed by atoms with van der Waals surface area (Å²) in [5.74, 6) is 0. The monoisotopic (exact) mass is 230 g/mol. The van der Waals surface area contributed by atoms with Crippen LogP contribution in [0.3, 0.4) is 0 Å². The van der Waals surface area contributed by atoms with Crippen molar-refractivity contribution in [1.29, 1.82) is 0 Å². The molecular formula is C13H30OSi. The average molecular weight is 230 g/mol. The van der Waals surface area contributed by atoms with E-state index >= 15 is 0 Å². The van der Waals surface area contributed by atoms with Crippen LogP contribution in [-0.2, 0) is 4.43 Å². The number of rotatable bonds is 10. The second-order valence-electron chi connectivity index (χ2n) is 4.51. The predicted molar refractivity (Wildman–Crippen MR) is 71.9 cm³/mol. The van der Waals surface area contributed by atoms with E-state index in [4.69, 9.17) is 4.43 Å². The molecule has 0 aliphatic heterocycles. The quantitative estimate of drug-likeness (QED) is 0.380. The summed E-state index contributed by atoms with van der Waals surface area (Å²) in [5, 5.41) is 0. The number of unbranched alkanes of at least 4 members (excludes halogenated alkanes) is 4. The second-order valence-corrected chi connectivity index (χ2v) is 9.28. The van der Waals surface area contributed by atoms with Crippen molar-refractivity contribution in [1.82, 2.24) is 0 Å². The Morgan fingerprint density at radius 1 is 0.733 bits per heavy atom. The largest absolute Gasteiger partial charge is 0.417 e. The average Bonchev–Trinajstić information content (AvgIpc) is 2.29. The van der Waals surface area contributed by atoms with Crippen LogP contribution >= 0.6 is 0 Å². The van der Waals surface area contributed by atoms with Gasteiger partial charge in [0.05, 0.1) is 0 Å². The lowest BCUT2D eigenvalue weighted by Crippen LogP contribution is -2.36. The normalized spacial score (nSPS) is 12.0. The predicted octanol–water partition coefficient (Wildman–Crippen LogP) is 4.98. The Balaban J connectivity index is 3.54. The minimum Gasteiger partial charge on any atom is -0.417 e. The SMILES string of the molecule is CCCCCCCO[Si](CC)(CC)CC. The van der Waals surface area contributed by atoms with Gasteiger partial charge in [0.1, 0.15) is 0 Å². The van der Waals surface area contributed by atoms with Crippen LogP contribution in [0.1, 0.15) is 59.8 Å². The summed E-state index contributed by atoms with van der Waals surface area (Å²) in [6.07, 6.45) is 6.74. The van der Waals surface area contributed by atoms with Crippen LogP contribution in [0.25, 0.3) is 0 Å². The van der Waals surface area contributed by atoms with E-state index in [1.165, 1.54) is 50.2 Å². The van der Waals surface area contributed by atoms with Crippen LogP contribution in [0.2, 0.25) is 18.1 Å². The maximum absolute atomic E-state index is 6.20. The molecule has 15 heavy (non-hydrogen) atoms. The van der Waals surface area contributed by atoms with E-state index in [-0.39, 0.29) is 0 Å². The van der Waals surface area contributed by atoms with Crippen molar-refractivity contribution in [2.75, 3.05) is 6.61 Å². The molecule has 2 heteroatoms. The first-order chi connectivity index (χ1) is 7.24. The van der Waals surface area contributed by atoms with Crippen molar-refractivity contribution in [2.24, 2.45) is 0 Å². The highest BCUT2D eigenvalue weighted by atomic mass is 28.4. The fraction of sp³-hybridized carbons (Fsp3) is 1.00. The zero-order chi connectivity index (χ0) is 11.6. The van der Waals surface area contributed by atoms with Crippen LogP contribution in [0.5, 0.6) is 0 Å². The Morgan fingerprint density at radius 2 is 1.27 bits per heavy atom. The fourth-order valence-corrected chi connectivity index (χ4v) is 4.74. The third-order valence-electron chi connectivity index (χ3n) is 3.59. The standard InChI is InChI=1S/C13H30OSi/c1-5-9-10-11-12-13-14-15(6-2,7-3)8-4/h5-13H2,1-4H3. The van der Waals surface area contributed by atoms with E-state index in [2.05, 4.69) is 27.7 Å². The van der Waals surface area contributed by atoms with Gasteiger partial charge in [-0.3, -0.25) is 0 Å². The summed E-state index contributed by atoms with van der Waals surface area (Å²) in [6, 6.07) is 3.86. The molecular weight excluding hydrogens is 200 g/mol. The van der Waals surface area contributed by atoms with Gasteiger partial charge in [0, 0.05) is 6.61 Å². The summed E-state index contributed by atoms with van der Waals surface area (Å²) < 4.78 is 6.20. The molecule has 0 N–H and O–H groups in total. The first-order valence-electron chi connectivity index (χ1n) is 6.88. The first-order valence-corrected chi connectivity index (χ1v) is 9.41. The van der Waals surface area contributed by atoms with Gasteiger partial charge in [0.15, 0.2) is 8.32 Å². The van der Waals surface area contributed by atoms with E-state index in [0.29, 0.717) is 0 Å². The number of hydrogen-bond donors (Lipinski definition) is 0. The Kier molecular flexibility index (Phi) is 9.52. The highest BCUT2D eigenvalue weighted by molar-refractivity contribution is 6.73. The number of hydrogen-bond acceptors (Lipinski definition) is 1. The third-order valence-corrected chi connectivity index (χ3v) is 8.27. The van der Waals surface area contributed by atoms with Crippen molar-refractivity contribution in [2.45, 2.75) is 77.9 Å². The second kappa shape index (κ2) is 9.41. The highest BCUT2D eigenvalue weighted by Gasteiger charge is 2.27. The highest BCUT2D eigenvalue weighted by Crippen LogP contribution is 2.21. The topological polar surface area (TPSA) is 9.23 Å². The molecule has 0 aromatic heterocycles. The lowest BCUT2D eigenvalue weighted by Gasteiger charge is -2.27. The molecule has 0 unspecified atom stereocenters. The molecule has 0 aliphatic carbocycles. The Morgan fingerprint density at radius 3 is 1.73 bits per heavy atom. The van der Waals surface area contributed by atoms with Crippen molar-refractivity contribution < 1.29 is 4.43 Å². The van der Waals surface area contributed by atoms with Crippen molar-refractivity contribution in [3.05, 3.63) is 0 Å².